The molecule has 3 saturated carbocycles. The van der Waals surface area contributed by atoms with E-state index in [-0.39, 0.29) is 24.8 Å². The van der Waals surface area contributed by atoms with Crippen LogP contribution in [0, 0.1) is 23.2 Å². The Kier molecular flexibility index (Phi) is 4.37. The van der Waals surface area contributed by atoms with E-state index in [0.717, 1.165) is 15.0 Å². The zero-order valence-corrected chi connectivity index (χ0v) is 17.1. The predicted octanol–water partition coefficient (Wildman–Crippen LogP) is 3.42. The third kappa shape index (κ3) is 2.45. The zero-order valence-electron chi connectivity index (χ0n) is 15.1. The molecule has 22 heavy (non-hydrogen) atoms. The number of hydrogen-bond donors (Lipinski definition) is 0. The molecule has 1 saturated heterocycles. The summed E-state index contributed by atoms with van der Waals surface area (Å²) in [4.78, 5) is 0. The lowest BCUT2D eigenvalue weighted by molar-refractivity contribution is -0.199. The lowest BCUT2D eigenvalue weighted by Crippen LogP contribution is -2.65. The van der Waals surface area contributed by atoms with Crippen molar-refractivity contribution in [3.05, 3.63) is 0 Å². The molecule has 3 aliphatic carbocycles. The molecule has 4 fully saturated rings. The molecule has 2 radical (unpaired) electrons. The first-order valence-corrected chi connectivity index (χ1v) is 13.2. The van der Waals surface area contributed by atoms with Gasteiger partial charge in [0.25, 0.3) is 0 Å². The van der Waals surface area contributed by atoms with E-state index in [0.29, 0.717) is 17.3 Å². The van der Waals surface area contributed by atoms with Gasteiger partial charge in [-0.3, -0.25) is 0 Å². The number of nitrogens with zero attached hydrogens (tertiary/aromatic N) is 1. The summed E-state index contributed by atoms with van der Waals surface area (Å²) < 4.78 is 18.2. The van der Waals surface area contributed by atoms with E-state index in [1.165, 1.54) is 12.8 Å². The second-order valence-corrected chi connectivity index (χ2v) is 14.1. The van der Waals surface area contributed by atoms with Gasteiger partial charge in [0.2, 0.25) is 0 Å². The number of rotatable bonds is 4. The van der Waals surface area contributed by atoms with Gasteiger partial charge in [-0.05, 0) is 49.5 Å². The van der Waals surface area contributed by atoms with Crippen molar-refractivity contribution < 1.29 is 9.31 Å². The van der Waals surface area contributed by atoms with Crippen LogP contribution in [0.4, 0.5) is 0 Å². The normalized spacial score (nSPS) is 41.4. The molecule has 0 aromatic carbocycles. The molecular formula is C16H30BNO2Si2. The maximum absolute atomic E-state index is 6.61. The van der Waals surface area contributed by atoms with Gasteiger partial charge in [-0.2, -0.15) is 0 Å². The highest BCUT2D eigenvalue weighted by atomic mass is 29.2. The minimum Gasteiger partial charge on any atom is -0.404 e. The molecule has 4 aliphatic rings. The Hall–Kier alpha value is 0.219. The molecule has 0 amide bonds. The van der Waals surface area contributed by atoms with Gasteiger partial charge < -0.3 is 13.9 Å². The van der Waals surface area contributed by atoms with Crippen molar-refractivity contribution in [2.75, 3.05) is 0 Å². The van der Waals surface area contributed by atoms with Crippen LogP contribution < -0.4 is 0 Å². The molecule has 2 bridgehead atoms. The van der Waals surface area contributed by atoms with Crippen molar-refractivity contribution in [1.29, 1.82) is 0 Å². The third-order valence-corrected chi connectivity index (χ3v) is 10.6. The van der Waals surface area contributed by atoms with Crippen molar-refractivity contribution in [1.82, 2.24) is 0 Å². The van der Waals surface area contributed by atoms with E-state index >= 15 is 0 Å². The van der Waals surface area contributed by atoms with Gasteiger partial charge in [0, 0.05) is 0 Å². The average molecular weight is 335 g/mol. The summed E-state index contributed by atoms with van der Waals surface area (Å²) in [5.41, 5.74) is 0.319. The lowest BCUT2D eigenvalue weighted by atomic mass is 9.43. The van der Waals surface area contributed by atoms with Crippen LogP contribution in [0.25, 0.3) is 0 Å². The average Bonchev–Trinajstić information content (AvgIpc) is 2.79. The summed E-state index contributed by atoms with van der Waals surface area (Å²) in [7, 11) is 0.227. The molecule has 1 aliphatic heterocycles. The van der Waals surface area contributed by atoms with Crippen LogP contribution in [-0.4, -0.2) is 41.9 Å². The fourth-order valence-corrected chi connectivity index (χ4v) is 6.69. The molecule has 0 aromatic rings. The van der Waals surface area contributed by atoms with E-state index in [1.54, 1.807) is 0 Å². The minimum atomic E-state index is -0.593. The summed E-state index contributed by atoms with van der Waals surface area (Å²) >= 11 is 0. The van der Waals surface area contributed by atoms with Gasteiger partial charge in [0.15, 0.2) is 0 Å². The Labute approximate surface area is 140 Å². The third-order valence-electron chi connectivity index (χ3n) is 6.64. The fraction of sp³-hybridized carbons (Fsp3) is 1.00. The summed E-state index contributed by atoms with van der Waals surface area (Å²) in [5.74, 6) is 2.14. The quantitative estimate of drug-likeness (QED) is 0.737. The Morgan fingerprint density at radius 1 is 1.27 bits per heavy atom. The minimum absolute atomic E-state index is 0.0965. The van der Waals surface area contributed by atoms with Gasteiger partial charge in [-0.25, -0.2) is 0 Å². The summed E-state index contributed by atoms with van der Waals surface area (Å²) in [6.45, 7) is 16.2. The zero-order chi connectivity index (χ0) is 16.3. The molecular weight excluding hydrogens is 305 g/mol. The van der Waals surface area contributed by atoms with E-state index in [9.17, 15) is 0 Å². The molecule has 5 atom stereocenters. The molecule has 3 nitrogen and oxygen atoms in total. The van der Waals surface area contributed by atoms with Crippen molar-refractivity contribution in [3.8, 4) is 0 Å². The maximum atomic E-state index is 6.61. The van der Waals surface area contributed by atoms with E-state index < -0.39 is 8.11 Å². The largest absolute Gasteiger partial charge is 0.483 e. The maximum Gasteiger partial charge on any atom is 0.483 e. The molecule has 1 heterocycles. The van der Waals surface area contributed by atoms with Crippen LogP contribution in [-0.2, 0) is 9.31 Å². The van der Waals surface area contributed by atoms with Crippen molar-refractivity contribution in [2.45, 2.75) is 78.2 Å². The molecule has 4 rings (SSSR count). The standard InChI is InChI=1S/C16H30BNO2Si2/c1-10(2)14(18-22(7)21-6)17-19-13-9-11-8-12(15(11,3)4)16(13,5)20-17/h10-14H,8-9H2,1-7H3/b22-18+/t11?,12?,13-,14-,16+/m1/s1. The highest BCUT2D eigenvalue weighted by Gasteiger charge is 2.68. The summed E-state index contributed by atoms with van der Waals surface area (Å²) in [6.07, 6.45) is 2.77. The van der Waals surface area contributed by atoms with Gasteiger partial charge in [0.05, 0.1) is 34.8 Å². The van der Waals surface area contributed by atoms with Crippen molar-refractivity contribution in [3.63, 3.8) is 0 Å². The van der Waals surface area contributed by atoms with Crippen molar-refractivity contribution >= 4 is 24.3 Å². The van der Waals surface area contributed by atoms with Gasteiger partial charge in [0.1, 0.15) is 0 Å². The molecule has 122 valence electrons. The Morgan fingerprint density at radius 3 is 2.50 bits per heavy atom. The van der Waals surface area contributed by atoms with Crippen LogP contribution in [0.15, 0.2) is 4.63 Å². The van der Waals surface area contributed by atoms with Crippen LogP contribution in [0.5, 0.6) is 0 Å². The predicted molar refractivity (Wildman–Crippen MR) is 94.4 cm³/mol. The van der Waals surface area contributed by atoms with E-state index in [4.69, 9.17) is 13.9 Å². The lowest BCUT2D eigenvalue weighted by Gasteiger charge is -2.64. The highest BCUT2D eigenvalue weighted by Crippen LogP contribution is 2.65. The first kappa shape index (κ1) is 17.1. The Bertz CT molecular complexity index is 485. The summed E-state index contributed by atoms with van der Waals surface area (Å²) in [6, 6.07) is 0. The molecule has 0 spiro atoms. The van der Waals surface area contributed by atoms with Crippen LogP contribution in [0.2, 0.25) is 13.1 Å². The van der Waals surface area contributed by atoms with Crippen LogP contribution >= 0.6 is 0 Å². The fourth-order valence-electron chi connectivity index (χ4n) is 4.86. The smallest absolute Gasteiger partial charge is 0.404 e. The van der Waals surface area contributed by atoms with Gasteiger partial charge >= 0.3 is 7.12 Å². The van der Waals surface area contributed by atoms with Crippen LogP contribution in [0.1, 0.15) is 47.5 Å². The second kappa shape index (κ2) is 5.64. The Morgan fingerprint density at radius 2 is 1.95 bits per heavy atom. The highest BCUT2D eigenvalue weighted by molar-refractivity contribution is 7.05. The van der Waals surface area contributed by atoms with Crippen molar-refractivity contribution in [2.24, 2.45) is 27.8 Å². The molecule has 0 N–H and O–H groups in total. The first-order chi connectivity index (χ1) is 10.2. The number of hydrogen-bond acceptors (Lipinski definition) is 3. The monoisotopic (exact) mass is 335 g/mol. The van der Waals surface area contributed by atoms with E-state index in [2.05, 4.69) is 47.7 Å². The first-order valence-electron chi connectivity index (χ1n) is 8.75. The SMILES string of the molecule is C[Si]/[Si](C)=N/[C@@H](B1O[C@@H]2CC3CC(C3(C)C)[C@]2(C)O1)C(C)C. The van der Waals surface area contributed by atoms with Crippen LogP contribution in [0.3, 0.4) is 0 Å². The molecule has 2 unspecified atom stereocenters. The molecule has 0 aromatic heterocycles. The second-order valence-electron chi connectivity index (χ2n) is 8.54. The van der Waals surface area contributed by atoms with Gasteiger partial charge in [-0.15, -0.1) is 0 Å². The molecule has 6 heteroatoms. The summed E-state index contributed by atoms with van der Waals surface area (Å²) in [5, 5.41) is 0. The Balaban J connectivity index is 1.81. The van der Waals surface area contributed by atoms with E-state index in [1.807, 2.05) is 0 Å². The van der Waals surface area contributed by atoms with Gasteiger partial charge in [-0.1, -0.05) is 34.2 Å². The topological polar surface area (TPSA) is 30.8 Å².